The van der Waals surface area contributed by atoms with Crippen molar-refractivity contribution in [3.8, 4) is 11.3 Å². The normalized spacial score (nSPS) is 11.9. The molecule has 104 valence electrons. The average Bonchev–Trinajstić information content (AvgIpc) is 2.47. The summed E-state index contributed by atoms with van der Waals surface area (Å²) in [5.74, 6) is -0.767. The maximum Gasteiger partial charge on any atom is 0.323 e. The van der Waals surface area contributed by atoms with Gasteiger partial charge in [-0.15, -0.1) is 0 Å². The Morgan fingerprint density at radius 3 is 2.65 bits per heavy atom. The molecule has 2 rings (SSSR count). The van der Waals surface area contributed by atoms with Crippen LogP contribution in [0.4, 0.5) is 4.39 Å². The van der Waals surface area contributed by atoms with Crippen molar-refractivity contribution in [3.63, 3.8) is 0 Å². The van der Waals surface area contributed by atoms with Crippen LogP contribution in [0.15, 0.2) is 42.5 Å². The number of nitrogens with zero attached hydrogens (tertiary/aromatic N) is 1. The van der Waals surface area contributed by atoms with Gasteiger partial charge in [0.25, 0.3) is 0 Å². The number of methoxy groups -OCH3 is 1. The van der Waals surface area contributed by atoms with Crippen LogP contribution in [0, 0.1) is 5.82 Å². The van der Waals surface area contributed by atoms with Crippen molar-refractivity contribution >= 4 is 5.97 Å². The van der Waals surface area contributed by atoms with Crippen molar-refractivity contribution in [2.24, 2.45) is 5.73 Å². The summed E-state index contributed by atoms with van der Waals surface area (Å²) in [5, 5.41) is 0. The fourth-order valence-electron chi connectivity index (χ4n) is 1.83. The minimum absolute atomic E-state index is 0.293. The molecule has 1 atom stereocenters. The van der Waals surface area contributed by atoms with Crippen LogP contribution in [0.5, 0.6) is 0 Å². The minimum Gasteiger partial charge on any atom is -0.468 e. The fourth-order valence-corrected chi connectivity index (χ4v) is 1.83. The molecule has 20 heavy (non-hydrogen) atoms. The van der Waals surface area contributed by atoms with E-state index in [0.29, 0.717) is 17.8 Å². The lowest BCUT2D eigenvalue weighted by Crippen LogP contribution is -2.33. The van der Waals surface area contributed by atoms with Crippen molar-refractivity contribution in [2.75, 3.05) is 7.11 Å². The van der Waals surface area contributed by atoms with Crippen LogP contribution in [-0.4, -0.2) is 24.1 Å². The van der Waals surface area contributed by atoms with Crippen LogP contribution in [0.25, 0.3) is 11.3 Å². The molecule has 0 bridgehead atoms. The first-order valence-electron chi connectivity index (χ1n) is 6.15. The van der Waals surface area contributed by atoms with Crippen molar-refractivity contribution in [1.29, 1.82) is 0 Å². The molecule has 0 spiro atoms. The molecule has 0 fully saturated rings. The van der Waals surface area contributed by atoms with Gasteiger partial charge in [0.2, 0.25) is 0 Å². The monoisotopic (exact) mass is 274 g/mol. The van der Waals surface area contributed by atoms with Crippen LogP contribution in [0.3, 0.4) is 0 Å². The van der Waals surface area contributed by atoms with Crippen molar-refractivity contribution in [2.45, 2.75) is 12.5 Å². The maximum atomic E-state index is 12.9. The molecule has 0 amide bonds. The lowest BCUT2D eigenvalue weighted by Gasteiger charge is -2.09. The molecule has 0 aliphatic carbocycles. The molecule has 0 saturated heterocycles. The van der Waals surface area contributed by atoms with E-state index in [1.165, 1.54) is 19.2 Å². The molecule has 4 nitrogen and oxygen atoms in total. The number of aromatic nitrogens is 1. The van der Waals surface area contributed by atoms with Gasteiger partial charge in [-0.2, -0.15) is 0 Å². The van der Waals surface area contributed by atoms with Crippen LogP contribution < -0.4 is 5.73 Å². The Balaban J connectivity index is 2.20. The molecule has 0 aliphatic rings. The molecule has 2 N–H and O–H groups in total. The van der Waals surface area contributed by atoms with Crippen LogP contribution in [0.1, 0.15) is 5.69 Å². The van der Waals surface area contributed by atoms with E-state index in [4.69, 9.17) is 5.73 Å². The first-order valence-corrected chi connectivity index (χ1v) is 6.15. The summed E-state index contributed by atoms with van der Waals surface area (Å²) >= 11 is 0. The Hall–Kier alpha value is -2.27. The quantitative estimate of drug-likeness (QED) is 0.865. The van der Waals surface area contributed by atoms with Gasteiger partial charge in [-0.3, -0.25) is 9.78 Å². The van der Waals surface area contributed by atoms with Crippen molar-refractivity contribution in [1.82, 2.24) is 4.98 Å². The summed E-state index contributed by atoms with van der Waals surface area (Å²) < 4.78 is 17.5. The summed E-state index contributed by atoms with van der Waals surface area (Å²) in [4.78, 5) is 15.7. The molecular weight excluding hydrogens is 259 g/mol. The fraction of sp³-hybridized carbons (Fsp3) is 0.200. The van der Waals surface area contributed by atoms with Crippen LogP contribution in [-0.2, 0) is 16.0 Å². The zero-order valence-corrected chi connectivity index (χ0v) is 11.0. The number of hydrogen-bond acceptors (Lipinski definition) is 4. The van der Waals surface area contributed by atoms with Gasteiger partial charge in [0.05, 0.1) is 12.8 Å². The lowest BCUT2D eigenvalue weighted by molar-refractivity contribution is -0.142. The van der Waals surface area contributed by atoms with Gasteiger partial charge >= 0.3 is 5.97 Å². The van der Waals surface area contributed by atoms with Crippen molar-refractivity contribution in [3.05, 3.63) is 54.0 Å². The molecule has 5 heteroatoms. The third-order valence-electron chi connectivity index (χ3n) is 2.88. The molecule has 0 radical (unpaired) electrons. The molecule has 0 saturated carbocycles. The number of carbonyl (C=O) groups excluding carboxylic acids is 1. The number of hydrogen-bond donors (Lipinski definition) is 1. The smallest absolute Gasteiger partial charge is 0.323 e. The van der Waals surface area contributed by atoms with Gasteiger partial charge in [0.1, 0.15) is 11.9 Å². The summed E-state index contributed by atoms with van der Waals surface area (Å²) in [7, 11) is 1.30. The second-order valence-electron chi connectivity index (χ2n) is 4.35. The van der Waals surface area contributed by atoms with E-state index in [0.717, 1.165) is 5.56 Å². The highest BCUT2D eigenvalue weighted by atomic mass is 19.1. The highest BCUT2D eigenvalue weighted by molar-refractivity contribution is 5.75. The highest BCUT2D eigenvalue weighted by Gasteiger charge is 2.15. The first-order chi connectivity index (χ1) is 9.60. The summed E-state index contributed by atoms with van der Waals surface area (Å²) in [6.07, 6.45) is 0.293. The van der Waals surface area contributed by atoms with E-state index in [2.05, 4.69) is 9.72 Å². The second-order valence-corrected chi connectivity index (χ2v) is 4.35. The van der Waals surface area contributed by atoms with Gasteiger partial charge in [-0.05, 0) is 36.4 Å². The van der Waals surface area contributed by atoms with Crippen LogP contribution >= 0.6 is 0 Å². The second kappa shape index (κ2) is 6.25. The van der Waals surface area contributed by atoms with E-state index in [9.17, 15) is 9.18 Å². The Morgan fingerprint density at radius 1 is 1.30 bits per heavy atom. The standard InChI is InChI=1S/C15H15FN2O2/c1-20-15(19)13(17)9-12-3-2-4-14(18-12)10-5-7-11(16)8-6-10/h2-8,13H,9,17H2,1H3. The summed E-state index contributed by atoms with van der Waals surface area (Å²) in [6, 6.07) is 10.8. The number of ether oxygens (including phenoxy) is 1. The molecular formula is C15H15FN2O2. The molecule has 0 aliphatic heterocycles. The maximum absolute atomic E-state index is 12.9. The number of rotatable bonds is 4. The SMILES string of the molecule is COC(=O)C(N)Cc1cccc(-c2ccc(F)cc2)n1. The van der Waals surface area contributed by atoms with Gasteiger partial charge in [-0.1, -0.05) is 6.07 Å². The average molecular weight is 274 g/mol. The number of halogens is 1. The number of carbonyl (C=O) groups is 1. The Labute approximate surface area is 116 Å². The zero-order valence-electron chi connectivity index (χ0n) is 11.0. The van der Waals surface area contributed by atoms with Gasteiger partial charge in [0.15, 0.2) is 0 Å². The van der Waals surface area contributed by atoms with E-state index in [-0.39, 0.29) is 5.82 Å². The van der Waals surface area contributed by atoms with Gasteiger partial charge < -0.3 is 10.5 Å². The minimum atomic E-state index is -0.740. The third kappa shape index (κ3) is 3.39. The van der Waals surface area contributed by atoms with Crippen molar-refractivity contribution < 1.29 is 13.9 Å². The summed E-state index contributed by atoms with van der Waals surface area (Å²) in [5.41, 5.74) is 7.90. The van der Waals surface area contributed by atoms with E-state index in [1.807, 2.05) is 12.1 Å². The number of nitrogens with two attached hydrogens (primary N) is 1. The van der Waals surface area contributed by atoms with Gasteiger partial charge in [-0.25, -0.2) is 4.39 Å². The number of esters is 1. The molecule has 1 unspecified atom stereocenters. The van der Waals surface area contributed by atoms with E-state index < -0.39 is 12.0 Å². The van der Waals surface area contributed by atoms with Gasteiger partial charge in [0, 0.05) is 17.7 Å². The number of pyridine rings is 1. The molecule has 2 aromatic rings. The predicted octanol–water partition coefficient (Wildman–Crippen LogP) is 1.93. The van der Waals surface area contributed by atoms with E-state index >= 15 is 0 Å². The zero-order chi connectivity index (χ0) is 14.5. The Morgan fingerprint density at radius 2 is 2.00 bits per heavy atom. The van der Waals surface area contributed by atoms with Crippen LogP contribution in [0.2, 0.25) is 0 Å². The molecule has 1 aromatic heterocycles. The lowest BCUT2D eigenvalue weighted by atomic mass is 10.1. The first kappa shape index (κ1) is 14.1. The molecule has 1 heterocycles. The van der Waals surface area contributed by atoms with E-state index in [1.54, 1.807) is 18.2 Å². The molecule has 1 aromatic carbocycles. The highest BCUT2D eigenvalue weighted by Crippen LogP contribution is 2.18. The largest absolute Gasteiger partial charge is 0.468 e. The topological polar surface area (TPSA) is 65.2 Å². The Bertz CT molecular complexity index is 599. The third-order valence-corrected chi connectivity index (χ3v) is 2.88. The Kier molecular flexibility index (Phi) is 4.42. The predicted molar refractivity (Wildman–Crippen MR) is 73.3 cm³/mol. The summed E-state index contributed by atoms with van der Waals surface area (Å²) in [6.45, 7) is 0. The number of benzene rings is 1.